The Morgan fingerprint density at radius 2 is 0.429 bits per heavy atom. The highest BCUT2D eigenvalue weighted by molar-refractivity contribution is 7.50. The zero-order valence-electron chi connectivity index (χ0n) is 44.0. The Bertz CT molecular complexity index is 817. The molecule has 0 saturated carbocycles. The molecule has 0 fully saturated rings. The van der Waals surface area contributed by atoms with Crippen LogP contribution in [0, 0.1) is 0 Å². The van der Waals surface area contributed by atoms with Crippen LogP contribution in [0.4, 0.5) is 0 Å². The average molecular weight is 911 g/mol. The second-order valence-electron chi connectivity index (χ2n) is 20.6. The summed E-state index contributed by atoms with van der Waals surface area (Å²) >= 11 is 0. The molecule has 5 heteroatoms. The molecule has 0 heterocycles. The number of hydrogen-bond donors (Lipinski definition) is 1. The molecule has 1 atom stereocenters. The number of rotatable bonds is 57. The van der Waals surface area contributed by atoms with E-state index >= 15 is 0 Å². The molecule has 4 nitrogen and oxygen atoms in total. The normalized spacial score (nSPS) is 12.8. The Morgan fingerprint density at radius 3 is 0.619 bits per heavy atom. The summed E-state index contributed by atoms with van der Waals surface area (Å²) in [6.45, 7) is 8.60. The molecule has 380 valence electrons. The van der Waals surface area contributed by atoms with E-state index in [0.29, 0.717) is 19.7 Å². The zero-order chi connectivity index (χ0) is 45.7. The van der Waals surface area contributed by atoms with E-state index < -0.39 is 7.75 Å². The number of hydrogen-bond acceptors (Lipinski definition) is 2. The minimum absolute atomic E-state index is 0.406. The van der Waals surface area contributed by atoms with Gasteiger partial charge in [-0.3, -0.25) is 4.52 Å². The molecule has 0 aromatic rings. The van der Waals surface area contributed by atoms with Crippen molar-refractivity contribution in [2.45, 2.75) is 355 Å². The van der Waals surface area contributed by atoms with Gasteiger partial charge in [-0.1, -0.05) is 335 Å². The van der Waals surface area contributed by atoms with E-state index in [2.05, 4.69) is 20.8 Å². The summed E-state index contributed by atoms with van der Waals surface area (Å²) in [4.78, 5) is 11.0. The van der Waals surface area contributed by atoms with E-state index in [9.17, 15) is 9.46 Å². The van der Waals surface area contributed by atoms with Crippen molar-refractivity contribution in [3.8, 4) is 0 Å². The summed E-state index contributed by atoms with van der Waals surface area (Å²) in [7, 11) is -3.72. The van der Waals surface area contributed by atoms with Crippen LogP contribution in [0.2, 0.25) is 0 Å². The fourth-order valence-corrected chi connectivity index (χ4v) is 11.0. The first-order valence-corrected chi connectivity index (χ1v) is 31.3. The molecule has 0 aliphatic carbocycles. The predicted molar refractivity (Wildman–Crippen MR) is 284 cm³/mol. The maximum atomic E-state index is 13.3. The van der Waals surface area contributed by atoms with Crippen molar-refractivity contribution in [2.24, 2.45) is 0 Å². The molecule has 0 saturated heterocycles. The van der Waals surface area contributed by atoms with E-state index in [1.165, 1.54) is 295 Å². The molecule has 0 spiro atoms. The molecule has 0 aromatic carbocycles. The summed E-state index contributed by atoms with van der Waals surface area (Å²) < 4.78 is 20.8. The Morgan fingerprint density at radius 1 is 0.270 bits per heavy atom. The molecule has 0 aliphatic heterocycles. The molecule has 0 aromatic heterocycles. The van der Waals surface area contributed by atoms with Crippen LogP contribution in [0.25, 0.3) is 0 Å². The van der Waals surface area contributed by atoms with E-state index in [4.69, 9.17) is 4.52 Å². The van der Waals surface area contributed by atoms with Crippen LogP contribution in [0.3, 0.4) is 0 Å². The Balaban J connectivity index is 3.81. The van der Waals surface area contributed by atoms with Crippen LogP contribution >= 0.6 is 7.75 Å². The first-order valence-electron chi connectivity index (χ1n) is 29.8. The van der Waals surface area contributed by atoms with Gasteiger partial charge in [0, 0.05) is 13.1 Å². The maximum Gasteiger partial charge on any atom is 0.405 e. The van der Waals surface area contributed by atoms with E-state index in [0.717, 1.165) is 38.5 Å². The van der Waals surface area contributed by atoms with Crippen molar-refractivity contribution in [2.75, 3.05) is 19.7 Å². The van der Waals surface area contributed by atoms with Gasteiger partial charge in [0.1, 0.15) is 0 Å². The molecule has 1 unspecified atom stereocenters. The van der Waals surface area contributed by atoms with Gasteiger partial charge < -0.3 is 4.89 Å². The van der Waals surface area contributed by atoms with Crippen LogP contribution in [-0.4, -0.2) is 29.3 Å². The van der Waals surface area contributed by atoms with Gasteiger partial charge in [-0.05, 0) is 19.3 Å². The van der Waals surface area contributed by atoms with E-state index in [1.807, 2.05) is 4.67 Å². The smallest absolute Gasteiger partial charge is 0.312 e. The minimum atomic E-state index is -3.72. The van der Waals surface area contributed by atoms with Crippen molar-refractivity contribution in [3.63, 3.8) is 0 Å². The third kappa shape index (κ3) is 51.3. The van der Waals surface area contributed by atoms with E-state index in [1.54, 1.807) is 0 Å². The summed E-state index contributed by atoms with van der Waals surface area (Å²) in [5.41, 5.74) is 0. The predicted octanol–water partition coefficient (Wildman–Crippen LogP) is 21.8. The molecular formula is C58H120NO3P. The largest absolute Gasteiger partial charge is 0.405 e. The zero-order valence-corrected chi connectivity index (χ0v) is 44.9. The molecular weight excluding hydrogens is 790 g/mol. The second-order valence-corrected chi connectivity index (χ2v) is 22.4. The average Bonchev–Trinajstić information content (AvgIpc) is 3.28. The Labute approximate surface area is 399 Å². The van der Waals surface area contributed by atoms with Crippen molar-refractivity contribution in [1.29, 1.82) is 0 Å². The second kappa shape index (κ2) is 54.7. The molecule has 1 N–H and O–H groups in total. The minimum Gasteiger partial charge on any atom is -0.312 e. The molecule has 0 bridgehead atoms. The standard InChI is InChI=1S/C58H120NO3P/c1-4-7-10-13-15-17-19-21-23-25-27-29-31-33-35-37-39-41-43-45-47-49-51-53-56-59(63(60,61)62-58-55-12-9-6-3)57-54-52-50-48-46-44-42-40-38-36-34-32-30-28-26-24-22-20-18-16-14-11-8-5-2/h4-58H2,1-3H3,(H,60,61). The van der Waals surface area contributed by atoms with Crippen molar-refractivity contribution < 1.29 is 14.0 Å². The van der Waals surface area contributed by atoms with Crippen LogP contribution in [0.5, 0.6) is 0 Å². The quantitative estimate of drug-likeness (QED) is 0.0488. The molecule has 0 rings (SSSR count). The summed E-state index contributed by atoms with van der Waals surface area (Å²) in [6.07, 6.45) is 71.1. The summed E-state index contributed by atoms with van der Waals surface area (Å²) in [5, 5.41) is 0. The van der Waals surface area contributed by atoms with Crippen molar-refractivity contribution in [3.05, 3.63) is 0 Å². The highest BCUT2D eigenvalue weighted by Crippen LogP contribution is 2.47. The first kappa shape index (κ1) is 63.1. The van der Waals surface area contributed by atoms with Gasteiger partial charge in [0.2, 0.25) is 0 Å². The highest BCUT2D eigenvalue weighted by Gasteiger charge is 2.28. The van der Waals surface area contributed by atoms with Gasteiger partial charge in [0.15, 0.2) is 0 Å². The molecule has 63 heavy (non-hydrogen) atoms. The number of nitrogens with zero attached hydrogens (tertiary/aromatic N) is 1. The molecule has 0 amide bonds. The lowest BCUT2D eigenvalue weighted by atomic mass is 10.0. The molecule has 0 radical (unpaired) electrons. The van der Waals surface area contributed by atoms with Gasteiger partial charge in [0.05, 0.1) is 6.61 Å². The van der Waals surface area contributed by atoms with Gasteiger partial charge >= 0.3 is 7.75 Å². The SMILES string of the molecule is CCCCCCCCCCCCCCCCCCCCCCCCCCN(CCCCCCCCCCCCCCCCCCCCCCCCCC)P(=O)(O)OCCCCCC. The molecule has 0 aliphatic rings. The first-order chi connectivity index (χ1) is 31.1. The lowest BCUT2D eigenvalue weighted by molar-refractivity contribution is 0.194. The lowest BCUT2D eigenvalue weighted by Crippen LogP contribution is -2.24. The van der Waals surface area contributed by atoms with Crippen LogP contribution < -0.4 is 0 Å². The maximum absolute atomic E-state index is 13.3. The summed E-state index contributed by atoms with van der Waals surface area (Å²) in [6, 6.07) is 0. The van der Waals surface area contributed by atoms with E-state index in [-0.39, 0.29) is 0 Å². The van der Waals surface area contributed by atoms with Crippen molar-refractivity contribution in [1.82, 2.24) is 4.67 Å². The topological polar surface area (TPSA) is 49.8 Å². The third-order valence-corrected chi connectivity index (χ3v) is 15.8. The number of unbranched alkanes of at least 4 members (excludes halogenated alkanes) is 49. The monoisotopic (exact) mass is 910 g/mol. The van der Waals surface area contributed by atoms with Crippen LogP contribution in [-0.2, 0) is 9.09 Å². The lowest BCUT2D eigenvalue weighted by Gasteiger charge is -2.26. The Hall–Kier alpha value is 0.110. The Kier molecular flexibility index (Phi) is 54.8. The van der Waals surface area contributed by atoms with Crippen LogP contribution in [0.15, 0.2) is 0 Å². The van der Waals surface area contributed by atoms with Gasteiger partial charge in [0.25, 0.3) is 0 Å². The fourth-order valence-electron chi connectivity index (χ4n) is 9.67. The highest BCUT2D eigenvalue weighted by atomic mass is 31.2. The third-order valence-electron chi connectivity index (χ3n) is 14.2. The van der Waals surface area contributed by atoms with Gasteiger partial charge in [-0.15, -0.1) is 0 Å². The van der Waals surface area contributed by atoms with Gasteiger partial charge in [-0.2, -0.15) is 0 Å². The fraction of sp³-hybridized carbons (Fsp3) is 1.00. The van der Waals surface area contributed by atoms with Crippen molar-refractivity contribution >= 4 is 7.75 Å². The summed E-state index contributed by atoms with van der Waals surface area (Å²) in [5.74, 6) is 0. The van der Waals surface area contributed by atoms with Crippen LogP contribution in [0.1, 0.15) is 355 Å². The van der Waals surface area contributed by atoms with Gasteiger partial charge in [-0.25, -0.2) is 9.24 Å².